The van der Waals surface area contributed by atoms with E-state index in [1.807, 2.05) is 24.0 Å². The molecule has 0 aliphatic heterocycles. The van der Waals surface area contributed by atoms with Crippen LogP contribution < -0.4 is 5.32 Å². The van der Waals surface area contributed by atoms with E-state index in [2.05, 4.69) is 28.3 Å². The van der Waals surface area contributed by atoms with Gasteiger partial charge in [0.25, 0.3) is 0 Å². The predicted molar refractivity (Wildman–Crippen MR) is 63.1 cm³/mol. The number of nitrogens with one attached hydrogen (secondary N) is 1. The van der Waals surface area contributed by atoms with Crippen molar-refractivity contribution in [2.45, 2.75) is 19.9 Å². The molecule has 0 unspecified atom stereocenters. The van der Waals surface area contributed by atoms with Crippen LogP contribution >= 0.6 is 11.3 Å². The third-order valence-corrected chi connectivity index (χ3v) is 2.97. The van der Waals surface area contributed by atoms with Gasteiger partial charge in [-0.25, -0.2) is 4.98 Å². The van der Waals surface area contributed by atoms with Crippen molar-refractivity contribution < 1.29 is 0 Å². The van der Waals surface area contributed by atoms with Crippen molar-refractivity contribution in [2.24, 2.45) is 0 Å². The van der Waals surface area contributed by atoms with Crippen LogP contribution in [0.5, 0.6) is 0 Å². The van der Waals surface area contributed by atoms with Gasteiger partial charge in [-0.15, -0.1) is 11.3 Å². The Morgan fingerprint density at radius 1 is 1.47 bits per heavy atom. The summed E-state index contributed by atoms with van der Waals surface area (Å²) in [5.41, 5.74) is 3.10. The highest BCUT2D eigenvalue weighted by Crippen LogP contribution is 2.14. The minimum Gasteiger partial charge on any atom is -0.365 e. The van der Waals surface area contributed by atoms with E-state index >= 15 is 0 Å². The third kappa shape index (κ3) is 2.53. The van der Waals surface area contributed by atoms with Gasteiger partial charge in [0.2, 0.25) is 0 Å². The summed E-state index contributed by atoms with van der Waals surface area (Å²) < 4.78 is 0. The first kappa shape index (κ1) is 10.1. The molecule has 2 rings (SSSR count). The van der Waals surface area contributed by atoms with Crippen molar-refractivity contribution in [2.75, 3.05) is 5.32 Å². The monoisotopic (exact) mass is 219 g/mol. The molecule has 2 aromatic heterocycles. The summed E-state index contributed by atoms with van der Waals surface area (Å²) in [4.78, 5) is 9.58. The highest BCUT2D eigenvalue weighted by atomic mass is 32.1. The maximum Gasteiger partial charge on any atom is 0.129 e. The van der Waals surface area contributed by atoms with E-state index in [0.717, 1.165) is 18.8 Å². The Balaban J connectivity index is 2.04. The van der Waals surface area contributed by atoms with Crippen LogP contribution in [0.4, 0.5) is 5.82 Å². The molecule has 1 N–H and O–H groups in total. The number of rotatable bonds is 4. The summed E-state index contributed by atoms with van der Waals surface area (Å²) in [6, 6.07) is 4.07. The number of nitrogens with zero attached hydrogens (tertiary/aromatic N) is 2. The van der Waals surface area contributed by atoms with E-state index in [-0.39, 0.29) is 0 Å². The summed E-state index contributed by atoms with van der Waals surface area (Å²) >= 11 is 1.65. The largest absolute Gasteiger partial charge is 0.365 e. The number of aryl methyl sites for hydroxylation is 1. The predicted octanol–water partition coefficient (Wildman–Crippen LogP) is 2.71. The first-order valence-electron chi connectivity index (χ1n) is 4.95. The maximum absolute atomic E-state index is 4.32. The molecule has 0 aliphatic carbocycles. The van der Waals surface area contributed by atoms with Gasteiger partial charge in [-0.05, 0) is 18.1 Å². The molecule has 2 aromatic rings. The Morgan fingerprint density at radius 3 is 3.13 bits per heavy atom. The number of hydrogen-bond donors (Lipinski definition) is 1. The number of thiazole rings is 1. The van der Waals surface area contributed by atoms with Crippen LogP contribution in [-0.4, -0.2) is 9.97 Å². The van der Waals surface area contributed by atoms with Crippen molar-refractivity contribution in [1.29, 1.82) is 0 Å². The molecule has 0 bridgehead atoms. The molecule has 0 spiro atoms. The van der Waals surface area contributed by atoms with E-state index in [1.165, 1.54) is 10.4 Å². The molecule has 0 atom stereocenters. The lowest BCUT2D eigenvalue weighted by Gasteiger charge is -2.07. The average molecular weight is 219 g/mol. The zero-order valence-corrected chi connectivity index (χ0v) is 9.42. The Kier molecular flexibility index (Phi) is 3.29. The highest BCUT2D eigenvalue weighted by molar-refractivity contribution is 7.09. The Hall–Kier alpha value is -1.42. The lowest BCUT2D eigenvalue weighted by Crippen LogP contribution is -2.02. The molecule has 0 aromatic carbocycles. The molecule has 2 heterocycles. The van der Waals surface area contributed by atoms with Crippen molar-refractivity contribution in [3.8, 4) is 0 Å². The molecule has 0 aliphatic rings. The lowest BCUT2D eigenvalue weighted by atomic mass is 10.2. The summed E-state index contributed by atoms with van der Waals surface area (Å²) in [5, 5.41) is 3.33. The van der Waals surface area contributed by atoms with Gasteiger partial charge in [-0.1, -0.05) is 13.0 Å². The van der Waals surface area contributed by atoms with E-state index in [4.69, 9.17) is 0 Å². The first-order chi connectivity index (χ1) is 7.40. The second-order valence-electron chi connectivity index (χ2n) is 3.19. The van der Waals surface area contributed by atoms with E-state index in [1.54, 1.807) is 11.3 Å². The summed E-state index contributed by atoms with van der Waals surface area (Å²) in [6.07, 6.45) is 4.69. The zero-order chi connectivity index (χ0) is 10.5. The number of pyridine rings is 1. The average Bonchev–Trinajstić information content (AvgIpc) is 2.79. The second-order valence-corrected chi connectivity index (χ2v) is 4.16. The maximum atomic E-state index is 4.32. The van der Waals surface area contributed by atoms with Gasteiger partial charge in [-0.2, -0.15) is 0 Å². The van der Waals surface area contributed by atoms with Crippen LogP contribution in [-0.2, 0) is 13.0 Å². The third-order valence-electron chi connectivity index (χ3n) is 2.19. The standard InChI is InChI=1S/C11H13N3S/c1-2-9-4-3-5-13-11(9)14-7-10-6-12-8-15-10/h3-6,8H,2,7H2,1H3,(H,13,14). The van der Waals surface area contributed by atoms with Gasteiger partial charge in [0.15, 0.2) is 0 Å². The van der Waals surface area contributed by atoms with Crippen molar-refractivity contribution in [1.82, 2.24) is 9.97 Å². The van der Waals surface area contributed by atoms with Crippen molar-refractivity contribution >= 4 is 17.2 Å². The van der Waals surface area contributed by atoms with E-state index < -0.39 is 0 Å². The smallest absolute Gasteiger partial charge is 0.129 e. The van der Waals surface area contributed by atoms with Crippen LogP contribution in [0.2, 0.25) is 0 Å². The topological polar surface area (TPSA) is 37.8 Å². The molecule has 0 saturated heterocycles. The summed E-state index contributed by atoms with van der Waals surface area (Å²) in [6.45, 7) is 2.93. The molecule has 3 nitrogen and oxygen atoms in total. The molecule has 0 amide bonds. The highest BCUT2D eigenvalue weighted by Gasteiger charge is 2.01. The van der Waals surface area contributed by atoms with Gasteiger partial charge < -0.3 is 5.32 Å². The number of aromatic nitrogens is 2. The van der Waals surface area contributed by atoms with E-state index in [0.29, 0.717) is 0 Å². The van der Waals surface area contributed by atoms with Crippen LogP contribution in [0, 0.1) is 0 Å². The normalized spacial score (nSPS) is 10.2. The molecular formula is C11H13N3S. The molecule has 4 heteroatoms. The van der Waals surface area contributed by atoms with Gasteiger partial charge in [0.05, 0.1) is 12.1 Å². The van der Waals surface area contributed by atoms with Crippen LogP contribution in [0.15, 0.2) is 30.0 Å². The summed E-state index contributed by atoms with van der Waals surface area (Å²) in [5.74, 6) is 0.980. The fourth-order valence-electron chi connectivity index (χ4n) is 1.38. The number of hydrogen-bond acceptors (Lipinski definition) is 4. The Bertz CT molecular complexity index is 412. The number of anilines is 1. The van der Waals surface area contributed by atoms with E-state index in [9.17, 15) is 0 Å². The van der Waals surface area contributed by atoms with Crippen LogP contribution in [0.1, 0.15) is 17.4 Å². The summed E-state index contributed by atoms with van der Waals surface area (Å²) in [7, 11) is 0. The van der Waals surface area contributed by atoms with Crippen molar-refractivity contribution in [3.05, 3.63) is 40.5 Å². The zero-order valence-electron chi connectivity index (χ0n) is 8.60. The van der Waals surface area contributed by atoms with Gasteiger partial charge >= 0.3 is 0 Å². The Labute approximate surface area is 93.2 Å². The van der Waals surface area contributed by atoms with Crippen LogP contribution in [0.3, 0.4) is 0 Å². The quantitative estimate of drug-likeness (QED) is 0.859. The molecule has 0 radical (unpaired) electrons. The molecule has 0 saturated carbocycles. The Morgan fingerprint density at radius 2 is 2.40 bits per heavy atom. The van der Waals surface area contributed by atoms with Gasteiger partial charge in [0, 0.05) is 17.3 Å². The van der Waals surface area contributed by atoms with Gasteiger partial charge in [-0.3, -0.25) is 4.98 Å². The van der Waals surface area contributed by atoms with Crippen molar-refractivity contribution in [3.63, 3.8) is 0 Å². The minimum absolute atomic E-state index is 0.800. The molecule has 0 fully saturated rings. The fraction of sp³-hybridized carbons (Fsp3) is 0.273. The SMILES string of the molecule is CCc1cccnc1NCc1cncs1. The van der Waals surface area contributed by atoms with Gasteiger partial charge in [0.1, 0.15) is 5.82 Å². The molecule has 15 heavy (non-hydrogen) atoms. The second kappa shape index (κ2) is 4.89. The first-order valence-corrected chi connectivity index (χ1v) is 5.83. The minimum atomic E-state index is 0.800. The molecule has 78 valence electrons. The lowest BCUT2D eigenvalue weighted by molar-refractivity contribution is 1.06. The van der Waals surface area contributed by atoms with Crippen LogP contribution in [0.25, 0.3) is 0 Å². The fourth-order valence-corrected chi connectivity index (χ4v) is 1.92. The molecular weight excluding hydrogens is 206 g/mol.